The van der Waals surface area contributed by atoms with E-state index in [1.54, 1.807) is 6.20 Å². The first kappa shape index (κ1) is 13.8. The van der Waals surface area contributed by atoms with Crippen LogP contribution in [0.2, 0.25) is 0 Å². The highest BCUT2D eigenvalue weighted by molar-refractivity contribution is 5.57. The lowest BCUT2D eigenvalue weighted by atomic mass is 10.2. The Hall–Kier alpha value is -2.15. The fourth-order valence-electron chi connectivity index (χ4n) is 2.26. The van der Waals surface area contributed by atoms with Crippen molar-refractivity contribution in [2.24, 2.45) is 5.84 Å². The average molecular weight is 287 g/mol. The molecule has 112 valence electrons. The lowest BCUT2D eigenvalue weighted by Crippen LogP contribution is -2.15. The third-order valence-corrected chi connectivity index (χ3v) is 3.69. The molecule has 0 unspecified atom stereocenters. The summed E-state index contributed by atoms with van der Waals surface area (Å²) in [6.45, 7) is 3.77. The van der Waals surface area contributed by atoms with Gasteiger partial charge in [-0.25, -0.2) is 20.8 Å². The second-order valence-corrected chi connectivity index (χ2v) is 5.40. The summed E-state index contributed by atoms with van der Waals surface area (Å²) < 4.78 is 2.07. The highest BCUT2D eigenvalue weighted by Gasteiger charge is 2.28. The number of imidazole rings is 1. The molecule has 21 heavy (non-hydrogen) atoms. The number of nitrogens with two attached hydrogens (primary N) is 1. The van der Waals surface area contributed by atoms with Crippen LogP contribution in [0.3, 0.4) is 0 Å². The van der Waals surface area contributed by atoms with Crippen LogP contribution in [0.5, 0.6) is 0 Å². The zero-order valence-electron chi connectivity index (χ0n) is 12.2. The maximum atomic E-state index is 5.55. The van der Waals surface area contributed by atoms with Crippen molar-refractivity contribution in [3.63, 3.8) is 0 Å². The molecule has 0 bridgehead atoms. The van der Waals surface area contributed by atoms with E-state index in [1.807, 2.05) is 19.4 Å². The number of nitrogens with zero attached hydrogens (tertiary/aromatic N) is 4. The number of nitrogen functional groups attached to an aromatic ring is 1. The average Bonchev–Trinajstić information content (AvgIpc) is 3.22. The van der Waals surface area contributed by atoms with Crippen LogP contribution >= 0.6 is 0 Å². The van der Waals surface area contributed by atoms with Crippen molar-refractivity contribution in [2.75, 3.05) is 17.3 Å². The van der Waals surface area contributed by atoms with Gasteiger partial charge in [0.1, 0.15) is 17.5 Å². The van der Waals surface area contributed by atoms with Crippen molar-refractivity contribution < 1.29 is 0 Å². The van der Waals surface area contributed by atoms with Gasteiger partial charge in [-0.05, 0) is 26.2 Å². The molecule has 0 amide bonds. The van der Waals surface area contributed by atoms with Gasteiger partial charge in [0.2, 0.25) is 0 Å². The van der Waals surface area contributed by atoms with Crippen LogP contribution < -0.4 is 16.6 Å². The van der Waals surface area contributed by atoms with Gasteiger partial charge >= 0.3 is 0 Å². The first-order valence-electron chi connectivity index (χ1n) is 7.32. The van der Waals surface area contributed by atoms with Crippen molar-refractivity contribution in [3.8, 4) is 0 Å². The topological polar surface area (TPSA) is 93.7 Å². The number of aryl methyl sites for hydroxylation is 1. The molecule has 1 saturated carbocycles. The number of hydrogen-bond donors (Lipinski definition) is 3. The molecule has 0 aromatic carbocycles. The minimum Gasteiger partial charge on any atom is -0.370 e. The maximum absolute atomic E-state index is 5.55. The summed E-state index contributed by atoms with van der Waals surface area (Å²) in [5, 5.41) is 3.39. The second kappa shape index (κ2) is 6.09. The van der Waals surface area contributed by atoms with Gasteiger partial charge in [-0.2, -0.15) is 0 Å². The van der Waals surface area contributed by atoms with Gasteiger partial charge in [0.25, 0.3) is 0 Å². The molecule has 0 aliphatic heterocycles. The molecule has 1 aliphatic rings. The molecule has 1 fully saturated rings. The van der Waals surface area contributed by atoms with E-state index >= 15 is 0 Å². The third kappa shape index (κ3) is 3.30. The van der Waals surface area contributed by atoms with E-state index in [9.17, 15) is 0 Å². The summed E-state index contributed by atoms with van der Waals surface area (Å²) in [7, 11) is 0. The Morgan fingerprint density at radius 1 is 1.33 bits per heavy atom. The lowest BCUT2D eigenvalue weighted by molar-refractivity contribution is 0.659. The summed E-state index contributed by atoms with van der Waals surface area (Å²) in [6.07, 6.45) is 8.95. The molecule has 7 heteroatoms. The van der Waals surface area contributed by atoms with E-state index in [2.05, 4.69) is 30.3 Å². The summed E-state index contributed by atoms with van der Waals surface area (Å²) >= 11 is 0. The molecular weight excluding hydrogens is 266 g/mol. The minimum atomic E-state index is 0.504. The number of hydrazine groups is 1. The van der Waals surface area contributed by atoms with E-state index in [0.29, 0.717) is 11.7 Å². The fourth-order valence-corrected chi connectivity index (χ4v) is 2.26. The van der Waals surface area contributed by atoms with Gasteiger partial charge < -0.3 is 15.3 Å². The third-order valence-electron chi connectivity index (χ3n) is 3.69. The number of hydrogen-bond acceptors (Lipinski definition) is 6. The van der Waals surface area contributed by atoms with Crippen molar-refractivity contribution >= 4 is 11.6 Å². The summed E-state index contributed by atoms with van der Waals surface area (Å²) in [4.78, 5) is 13.2. The van der Waals surface area contributed by atoms with Crippen molar-refractivity contribution in [2.45, 2.75) is 38.6 Å². The number of rotatable bonds is 7. The Labute approximate surface area is 124 Å². The van der Waals surface area contributed by atoms with E-state index in [4.69, 9.17) is 5.84 Å². The van der Waals surface area contributed by atoms with Gasteiger partial charge in [-0.3, -0.25) is 0 Å². The van der Waals surface area contributed by atoms with Crippen LogP contribution in [0.1, 0.15) is 36.6 Å². The smallest absolute Gasteiger partial charge is 0.148 e. The highest BCUT2D eigenvalue weighted by Crippen LogP contribution is 2.39. The van der Waals surface area contributed by atoms with Crippen LogP contribution in [-0.2, 0) is 6.54 Å². The molecule has 1 aliphatic carbocycles. The largest absolute Gasteiger partial charge is 0.370 e. The maximum Gasteiger partial charge on any atom is 0.148 e. The van der Waals surface area contributed by atoms with E-state index in [-0.39, 0.29) is 0 Å². The Morgan fingerprint density at radius 3 is 2.81 bits per heavy atom. The Bertz CT molecular complexity index is 590. The molecule has 2 heterocycles. The summed E-state index contributed by atoms with van der Waals surface area (Å²) in [6, 6.07) is 0. The lowest BCUT2D eigenvalue weighted by Gasteiger charge is -2.13. The van der Waals surface area contributed by atoms with Crippen molar-refractivity contribution in [1.82, 2.24) is 19.5 Å². The van der Waals surface area contributed by atoms with E-state index in [1.165, 1.54) is 12.8 Å². The minimum absolute atomic E-state index is 0.504. The van der Waals surface area contributed by atoms with E-state index < -0.39 is 0 Å². The van der Waals surface area contributed by atoms with E-state index in [0.717, 1.165) is 36.7 Å². The zero-order valence-corrected chi connectivity index (χ0v) is 12.2. The fraction of sp³-hybridized carbons (Fsp3) is 0.500. The molecule has 0 radical (unpaired) electrons. The van der Waals surface area contributed by atoms with Gasteiger partial charge in [0, 0.05) is 37.0 Å². The number of nitrogens with one attached hydrogen (secondary N) is 2. The Morgan fingerprint density at radius 2 is 2.14 bits per heavy atom. The van der Waals surface area contributed by atoms with Crippen LogP contribution in [0.25, 0.3) is 0 Å². The van der Waals surface area contributed by atoms with Gasteiger partial charge in [0.15, 0.2) is 0 Å². The standard InChI is InChI=1S/C14H21N7/c1-10-12(17-5-2-7-21-8-6-16-9-21)18-14(11-3-4-11)19-13(10)20-15/h6,8-9,11H,2-5,7,15H2,1H3,(H2,17,18,19,20). The predicted molar refractivity (Wildman–Crippen MR) is 81.9 cm³/mol. The number of aromatic nitrogens is 4. The molecule has 4 N–H and O–H groups in total. The normalized spacial score (nSPS) is 14.2. The van der Waals surface area contributed by atoms with Gasteiger partial charge in [-0.15, -0.1) is 0 Å². The molecular formula is C14H21N7. The molecule has 2 aromatic rings. The summed E-state index contributed by atoms with van der Waals surface area (Å²) in [5.74, 6) is 8.54. The molecule has 2 aromatic heterocycles. The van der Waals surface area contributed by atoms with Gasteiger partial charge in [0.05, 0.1) is 6.33 Å². The second-order valence-electron chi connectivity index (χ2n) is 5.40. The first-order chi connectivity index (χ1) is 10.3. The Balaban J connectivity index is 1.62. The molecule has 3 rings (SSSR count). The molecule has 0 spiro atoms. The quantitative estimate of drug-likeness (QED) is 0.407. The van der Waals surface area contributed by atoms with Crippen LogP contribution in [0, 0.1) is 6.92 Å². The van der Waals surface area contributed by atoms with Crippen molar-refractivity contribution in [3.05, 3.63) is 30.1 Å². The molecule has 0 saturated heterocycles. The van der Waals surface area contributed by atoms with Crippen molar-refractivity contribution in [1.29, 1.82) is 0 Å². The zero-order chi connectivity index (χ0) is 14.7. The summed E-state index contributed by atoms with van der Waals surface area (Å²) in [5.41, 5.74) is 3.63. The molecule has 0 atom stereocenters. The van der Waals surface area contributed by atoms with Crippen LogP contribution in [0.15, 0.2) is 18.7 Å². The van der Waals surface area contributed by atoms with Crippen LogP contribution in [-0.4, -0.2) is 26.1 Å². The first-order valence-corrected chi connectivity index (χ1v) is 7.32. The van der Waals surface area contributed by atoms with Gasteiger partial charge in [-0.1, -0.05) is 0 Å². The Kier molecular flexibility index (Phi) is 4.01. The predicted octanol–water partition coefficient (Wildman–Crippen LogP) is 1.65. The molecule has 7 nitrogen and oxygen atoms in total. The van der Waals surface area contributed by atoms with Crippen LogP contribution in [0.4, 0.5) is 11.6 Å². The highest BCUT2D eigenvalue weighted by atomic mass is 15.3. The number of anilines is 2. The SMILES string of the molecule is Cc1c(NN)nc(C2CC2)nc1NCCCn1ccnc1. The monoisotopic (exact) mass is 287 g/mol.